The lowest BCUT2D eigenvalue weighted by molar-refractivity contribution is -0.118. The number of rotatable bonds is 3. The zero-order valence-corrected chi connectivity index (χ0v) is 10.2. The lowest BCUT2D eigenvalue weighted by atomic mass is 10.2. The summed E-state index contributed by atoms with van der Waals surface area (Å²) in [4.78, 5) is 22.5. The van der Waals surface area contributed by atoms with Gasteiger partial charge in [0.2, 0.25) is 5.91 Å². The lowest BCUT2D eigenvalue weighted by Crippen LogP contribution is -2.24. The fraction of sp³-hybridized carbons (Fsp3) is 0.333. The van der Waals surface area contributed by atoms with Crippen molar-refractivity contribution in [3.05, 3.63) is 24.3 Å². The van der Waals surface area contributed by atoms with Crippen LogP contribution in [0.4, 0.5) is 16.2 Å². The highest BCUT2D eigenvalue weighted by molar-refractivity contribution is 5.93. The van der Waals surface area contributed by atoms with Gasteiger partial charge in [-0.2, -0.15) is 0 Å². The van der Waals surface area contributed by atoms with Crippen molar-refractivity contribution in [3.8, 4) is 0 Å². The Bertz CT molecular complexity index is 399. The first-order chi connectivity index (χ1) is 8.02. The molecular weight excluding hydrogens is 218 g/mol. The minimum atomic E-state index is -0.274. The van der Waals surface area contributed by atoms with Gasteiger partial charge in [-0.15, -0.1) is 0 Å². The van der Waals surface area contributed by atoms with E-state index < -0.39 is 0 Å². The van der Waals surface area contributed by atoms with Crippen LogP contribution in [0, 0.1) is 5.92 Å². The van der Waals surface area contributed by atoms with Gasteiger partial charge in [-0.05, 0) is 24.3 Å². The van der Waals surface area contributed by atoms with Gasteiger partial charge in [0.05, 0.1) is 0 Å². The van der Waals surface area contributed by atoms with E-state index in [-0.39, 0.29) is 17.9 Å². The van der Waals surface area contributed by atoms with Crippen molar-refractivity contribution >= 4 is 23.3 Å². The topological polar surface area (TPSA) is 70.2 Å². The van der Waals surface area contributed by atoms with Crippen molar-refractivity contribution in [2.24, 2.45) is 5.92 Å². The van der Waals surface area contributed by atoms with Crippen molar-refractivity contribution in [3.63, 3.8) is 0 Å². The lowest BCUT2D eigenvalue weighted by Gasteiger charge is -2.09. The highest BCUT2D eigenvalue weighted by Crippen LogP contribution is 2.14. The van der Waals surface area contributed by atoms with Crippen molar-refractivity contribution in [1.29, 1.82) is 0 Å². The molecule has 0 heterocycles. The highest BCUT2D eigenvalue weighted by atomic mass is 16.2. The third-order valence-corrected chi connectivity index (χ3v) is 2.16. The second-order valence-electron chi connectivity index (χ2n) is 3.93. The monoisotopic (exact) mass is 235 g/mol. The fourth-order valence-electron chi connectivity index (χ4n) is 1.12. The van der Waals surface area contributed by atoms with Crippen LogP contribution in [0.1, 0.15) is 13.8 Å². The Morgan fingerprint density at radius 2 is 1.47 bits per heavy atom. The number of anilines is 2. The molecule has 1 aromatic carbocycles. The van der Waals surface area contributed by atoms with E-state index in [0.29, 0.717) is 11.4 Å². The molecule has 0 radical (unpaired) electrons. The second-order valence-corrected chi connectivity index (χ2v) is 3.93. The van der Waals surface area contributed by atoms with Crippen molar-refractivity contribution in [1.82, 2.24) is 5.32 Å². The molecule has 0 bridgehead atoms. The van der Waals surface area contributed by atoms with E-state index in [4.69, 9.17) is 0 Å². The summed E-state index contributed by atoms with van der Waals surface area (Å²) >= 11 is 0. The molecule has 0 fully saturated rings. The Kier molecular flexibility index (Phi) is 4.51. The molecule has 0 unspecified atom stereocenters. The maximum absolute atomic E-state index is 11.4. The van der Waals surface area contributed by atoms with Gasteiger partial charge < -0.3 is 16.0 Å². The Balaban J connectivity index is 2.62. The molecule has 0 aliphatic carbocycles. The molecule has 3 N–H and O–H groups in total. The van der Waals surface area contributed by atoms with Gasteiger partial charge in [0.25, 0.3) is 0 Å². The predicted molar refractivity (Wildman–Crippen MR) is 68.0 cm³/mol. The maximum Gasteiger partial charge on any atom is 0.318 e. The molecule has 0 aliphatic heterocycles. The average Bonchev–Trinajstić information content (AvgIpc) is 2.31. The van der Waals surface area contributed by atoms with Crippen LogP contribution in [0.25, 0.3) is 0 Å². The van der Waals surface area contributed by atoms with Crippen molar-refractivity contribution < 1.29 is 9.59 Å². The van der Waals surface area contributed by atoms with Crippen molar-refractivity contribution in [2.45, 2.75) is 13.8 Å². The molecule has 1 rings (SSSR count). The number of hydrogen-bond acceptors (Lipinski definition) is 2. The molecule has 0 aromatic heterocycles. The average molecular weight is 235 g/mol. The summed E-state index contributed by atoms with van der Waals surface area (Å²) in [5.41, 5.74) is 1.39. The SMILES string of the molecule is CNC(=O)Nc1ccc(NC(=O)C(C)C)cc1. The molecule has 0 spiro atoms. The van der Waals surface area contributed by atoms with Crippen molar-refractivity contribution in [2.75, 3.05) is 17.7 Å². The summed E-state index contributed by atoms with van der Waals surface area (Å²) in [5, 5.41) is 7.86. The molecule has 3 amide bonds. The smallest absolute Gasteiger partial charge is 0.318 e. The molecule has 0 atom stereocenters. The third kappa shape index (κ3) is 4.14. The summed E-state index contributed by atoms with van der Waals surface area (Å²) < 4.78 is 0. The Morgan fingerprint density at radius 1 is 1.00 bits per heavy atom. The summed E-state index contributed by atoms with van der Waals surface area (Å²) in [7, 11) is 1.55. The van der Waals surface area contributed by atoms with Gasteiger partial charge in [-0.25, -0.2) is 4.79 Å². The third-order valence-electron chi connectivity index (χ3n) is 2.16. The van der Waals surface area contributed by atoms with Gasteiger partial charge in [-0.3, -0.25) is 4.79 Å². The van der Waals surface area contributed by atoms with E-state index in [1.54, 1.807) is 31.3 Å². The number of nitrogens with one attached hydrogen (secondary N) is 3. The standard InChI is InChI=1S/C12H17N3O2/c1-8(2)11(16)14-9-4-6-10(7-5-9)15-12(17)13-3/h4-8H,1-3H3,(H,14,16)(H2,13,15,17). The zero-order valence-electron chi connectivity index (χ0n) is 10.2. The number of benzene rings is 1. The predicted octanol–water partition coefficient (Wildman–Crippen LogP) is 2.03. The maximum atomic E-state index is 11.4. The molecule has 0 aliphatic rings. The Labute approximate surface area is 101 Å². The minimum Gasteiger partial charge on any atom is -0.341 e. The van der Waals surface area contributed by atoms with Crippen LogP contribution in [0.2, 0.25) is 0 Å². The van der Waals surface area contributed by atoms with Crippen LogP contribution in [-0.2, 0) is 4.79 Å². The second kappa shape index (κ2) is 5.89. The first-order valence-corrected chi connectivity index (χ1v) is 5.42. The van der Waals surface area contributed by atoms with E-state index in [2.05, 4.69) is 16.0 Å². The van der Waals surface area contributed by atoms with Crippen LogP contribution in [0.3, 0.4) is 0 Å². The van der Waals surface area contributed by atoms with Gasteiger partial charge >= 0.3 is 6.03 Å². The van der Waals surface area contributed by atoms with Crippen LogP contribution in [0.5, 0.6) is 0 Å². The van der Waals surface area contributed by atoms with E-state index in [1.807, 2.05) is 13.8 Å². The summed E-state index contributed by atoms with van der Waals surface area (Å²) in [5.74, 6) is -0.0873. The molecule has 0 saturated carbocycles. The van der Waals surface area contributed by atoms with Gasteiger partial charge in [0, 0.05) is 24.3 Å². The van der Waals surface area contributed by atoms with Crippen LogP contribution < -0.4 is 16.0 Å². The van der Waals surface area contributed by atoms with E-state index in [9.17, 15) is 9.59 Å². The number of carbonyl (C=O) groups is 2. The quantitative estimate of drug-likeness (QED) is 0.750. The highest BCUT2D eigenvalue weighted by Gasteiger charge is 2.06. The van der Waals surface area contributed by atoms with E-state index in [1.165, 1.54) is 0 Å². The molecule has 5 nitrogen and oxygen atoms in total. The van der Waals surface area contributed by atoms with Crippen LogP contribution in [0.15, 0.2) is 24.3 Å². The number of carbonyl (C=O) groups excluding carboxylic acids is 2. The van der Waals surface area contributed by atoms with E-state index >= 15 is 0 Å². The first-order valence-electron chi connectivity index (χ1n) is 5.42. The molecule has 17 heavy (non-hydrogen) atoms. The Hall–Kier alpha value is -2.04. The first kappa shape index (κ1) is 13.0. The van der Waals surface area contributed by atoms with E-state index in [0.717, 1.165) is 0 Å². The molecule has 5 heteroatoms. The molecular formula is C12H17N3O2. The number of amides is 3. The number of urea groups is 1. The van der Waals surface area contributed by atoms with Gasteiger partial charge in [0.1, 0.15) is 0 Å². The molecule has 0 saturated heterocycles. The normalized spacial score (nSPS) is 9.88. The summed E-state index contributed by atoms with van der Waals surface area (Å²) in [6.07, 6.45) is 0. The fourth-order valence-corrected chi connectivity index (χ4v) is 1.12. The molecule has 92 valence electrons. The zero-order chi connectivity index (χ0) is 12.8. The largest absolute Gasteiger partial charge is 0.341 e. The Morgan fingerprint density at radius 3 is 1.88 bits per heavy atom. The minimum absolute atomic E-state index is 0.0305. The summed E-state index contributed by atoms with van der Waals surface area (Å²) in [6.45, 7) is 3.66. The number of hydrogen-bond donors (Lipinski definition) is 3. The molecule has 1 aromatic rings. The van der Waals surface area contributed by atoms with Gasteiger partial charge in [-0.1, -0.05) is 13.8 Å². The van der Waals surface area contributed by atoms with Gasteiger partial charge in [0.15, 0.2) is 0 Å². The summed E-state index contributed by atoms with van der Waals surface area (Å²) in [6, 6.07) is 6.66. The van der Waals surface area contributed by atoms with Crippen LogP contribution in [-0.4, -0.2) is 19.0 Å². The van der Waals surface area contributed by atoms with Crippen LogP contribution >= 0.6 is 0 Å².